The third kappa shape index (κ3) is 6.94. The number of hydrogen-bond donors (Lipinski definition) is 0. The summed E-state index contributed by atoms with van der Waals surface area (Å²) in [4.78, 5) is 0. The second kappa shape index (κ2) is 12.7. The van der Waals surface area contributed by atoms with Gasteiger partial charge in [-0.05, 0) is 72.3 Å². The van der Waals surface area contributed by atoms with E-state index in [9.17, 15) is 8.78 Å². The maximum absolute atomic E-state index is 13.8. The van der Waals surface area contributed by atoms with E-state index in [0.717, 1.165) is 29.7 Å². The first-order valence-electron chi connectivity index (χ1n) is 13.6. The molecule has 1 saturated carbocycles. The zero-order valence-electron chi connectivity index (χ0n) is 20.7. The monoisotopic (exact) mass is 501 g/mol. The summed E-state index contributed by atoms with van der Waals surface area (Å²) in [6, 6.07) is 15.5. The molecule has 4 heteroatoms. The molecule has 2 aromatic carbocycles. The molecule has 2 aromatic rings. The lowest BCUT2D eigenvalue weighted by atomic mass is 9.73. The molecule has 2 aliphatic rings. The Kier molecular flexibility index (Phi) is 9.65. The predicted molar refractivity (Wildman–Crippen MR) is 143 cm³/mol. The molecule has 1 heterocycles. The van der Waals surface area contributed by atoms with Crippen LogP contribution in [0.5, 0.6) is 0 Å². The molecule has 185 valence electrons. The van der Waals surface area contributed by atoms with Gasteiger partial charge < -0.3 is 0 Å². The van der Waals surface area contributed by atoms with Crippen LogP contribution in [0, 0.1) is 29.4 Å². The van der Waals surface area contributed by atoms with Crippen LogP contribution in [0.25, 0.3) is 11.1 Å². The fourth-order valence-corrected chi connectivity index (χ4v) is 9.47. The lowest BCUT2D eigenvalue weighted by molar-refractivity contribution is 0.186. The minimum atomic E-state index is -0.710. The molecule has 0 unspecified atom stereocenters. The zero-order chi connectivity index (χ0) is 23.9. The number of hydrogen-bond acceptors (Lipinski definition) is 0. The Hall–Kier alpha value is -1.19. The van der Waals surface area contributed by atoms with Gasteiger partial charge in [-0.25, -0.2) is 8.78 Å². The largest absolute Gasteiger partial charge is 0.205 e. The molecule has 0 N–H and O–H groups in total. The van der Waals surface area contributed by atoms with Gasteiger partial charge in [-0.15, -0.1) is 0 Å². The number of rotatable bonds is 9. The summed E-state index contributed by atoms with van der Waals surface area (Å²) in [6.45, 7) is 2.32. The Balaban J connectivity index is 1.18. The molecule has 1 aliphatic heterocycles. The van der Waals surface area contributed by atoms with Gasteiger partial charge in [0.25, 0.3) is 0 Å². The second-order valence-corrected chi connectivity index (χ2v) is 14.2. The molecule has 4 rings (SSSR count). The molecule has 0 atom stereocenters. The Morgan fingerprint density at radius 2 is 1.44 bits per heavy atom. The van der Waals surface area contributed by atoms with E-state index in [4.69, 9.17) is 11.6 Å². The van der Waals surface area contributed by atoms with E-state index in [-0.39, 0.29) is 8.80 Å². The Morgan fingerprint density at radius 3 is 2.06 bits per heavy atom. The van der Waals surface area contributed by atoms with Gasteiger partial charge in [0.2, 0.25) is 0 Å². The highest BCUT2D eigenvalue weighted by Gasteiger charge is 2.31. The van der Waals surface area contributed by atoms with E-state index >= 15 is 0 Å². The van der Waals surface area contributed by atoms with Crippen LogP contribution in [0.15, 0.2) is 36.4 Å². The van der Waals surface area contributed by atoms with Crippen molar-refractivity contribution < 1.29 is 8.78 Å². The molecule has 0 spiro atoms. The number of benzene rings is 2. The van der Waals surface area contributed by atoms with Crippen LogP contribution in [-0.2, 0) is 6.42 Å². The van der Waals surface area contributed by atoms with Gasteiger partial charge in [0.05, 0.1) is 0 Å². The van der Waals surface area contributed by atoms with Crippen LogP contribution in [-0.4, -0.2) is 8.80 Å². The maximum Gasteiger partial charge on any atom is 0.145 e. The highest BCUT2D eigenvalue weighted by molar-refractivity contribution is 6.58. The molecule has 0 amide bonds. The summed E-state index contributed by atoms with van der Waals surface area (Å²) in [5.41, 5.74) is 2.66. The van der Waals surface area contributed by atoms with E-state index in [1.165, 1.54) is 81.9 Å². The fraction of sp³-hybridized carbons (Fsp3) is 0.600. The van der Waals surface area contributed by atoms with Crippen molar-refractivity contribution >= 4 is 20.4 Å². The summed E-state index contributed by atoms with van der Waals surface area (Å²) in [5.74, 6) is 1.45. The highest BCUT2D eigenvalue weighted by Crippen LogP contribution is 2.42. The van der Waals surface area contributed by atoms with Gasteiger partial charge in [0, 0.05) is 8.80 Å². The van der Waals surface area contributed by atoms with Crippen molar-refractivity contribution in [2.45, 2.75) is 95.7 Å². The topological polar surface area (TPSA) is 0 Å². The third-order valence-electron chi connectivity index (χ3n) is 8.54. The lowest BCUT2D eigenvalue weighted by Crippen LogP contribution is -2.28. The van der Waals surface area contributed by atoms with Crippen LogP contribution in [0.2, 0.25) is 23.2 Å². The molecule has 2 fully saturated rings. The molecule has 1 radical (unpaired) electrons. The van der Waals surface area contributed by atoms with Crippen molar-refractivity contribution in [1.82, 2.24) is 0 Å². The van der Waals surface area contributed by atoms with Crippen molar-refractivity contribution in [3.8, 4) is 11.1 Å². The Bertz CT molecular complexity index is 874. The third-order valence-corrected chi connectivity index (χ3v) is 12.0. The summed E-state index contributed by atoms with van der Waals surface area (Å²) in [7, 11) is -0.0101. The van der Waals surface area contributed by atoms with Crippen molar-refractivity contribution in [3.05, 3.63) is 58.6 Å². The molecule has 1 saturated heterocycles. The fourth-order valence-electron chi connectivity index (χ4n) is 6.30. The van der Waals surface area contributed by atoms with Crippen molar-refractivity contribution in [2.24, 2.45) is 17.8 Å². The molecule has 0 aromatic heterocycles. The average molecular weight is 502 g/mol. The first-order chi connectivity index (χ1) is 16.5. The molecular weight excluding hydrogens is 462 g/mol. The van der Waals surface area contributed by atoms with Gasteiger partial charge in [0.15, 0.2) is 0 Å². The summed E-state index contributed by atoms with van der Waals surface area (Å²) < 4.78 is 27.6. The van der Waals surface area contributed by atoms with E-state index in [1.54, 1.807) is 18.1 Å². The quantitative estimate of drug-likeness (QED) is 0.182. The van der Waals surface area contributed by atoms with Gasteiger partial charge in [-0.2, -0.15) is 0 Å². The molecular formula is C30H40ClF2Si. The highest BCUT2D eigenvalue weighted by atomic mass is 35.5. The smallest absolute Gasteiger partial charge is 0.145 e. The number of halogens is 3. The minimum absolute atomic E-state index is 0.0101. The Labute approximate surface area is 212 Å². The van der Waals surface area contributed by atoms with Gasteiger partial charge >= 0.3 is 0 Å². The number of unbranched alkanes of at least 4 members (excludes halogenated alkanes) is 2. The molecule has 1 aliphatic carbocycles. The van der Waals surface area contributed by atoms with Gasteiger partial charge in [-0.3, -0.25) is 0 Å². The molecule has 34 heavy (non-hydrogen) atoms. The SMILES string of the molecule is CCCCC[Si]1CCC(C2CCC(CCc3ccc(-c4cc(F)c(Cl)c(F)c4)cc3)CC2)CC1. The van der Waals surface area contributed by atoms with Gasteiger partial charge in [0.1, 0.15) is 16.7 Å². The van der Waals surface area contributed by atoms with Gasteiger partial charge in [-0.1, -0.05) is 106 Å². The van der Waals surface area contributed by atoms with E-state index in [1.807, 2.05) is 12.1 Å². The molecule has 0 nitrogen and oxygen atoms in total. The number of aryl methyl sites for hydroxylation is 1. The lowest BCUT2D eigenvalue weighted by Gasteiger charge is -2.37. The first kappa shape index (κ1) is 25.9. The summed E-state index contributed by atoms with van der Waals surface area (Å²) in [6.07, 6.45) is 15.4. The Morgan fingerprint density at radius 1 is 0.824 bits per heavy atom. The van der Waals surface area contributed by atoms with Crippen LogP contribution in [0.4, 0.5) is 8.78 Å². The zero-order valence-corrected chi connectivity index (χ0v) is 22.5. The van der Waals surface area contributed by atoms with Crippen molar-refractivity contribution in [1.29, 1.82) is 0 Å². The van der Waals surface area contributed by atoms with Crippen molar-refractivity contribution in [3.63, 3.8) is 0 Å². The first-order valence-corrected chi connectivity index (χ1v) is 16.1. The second-order valence-electron chi connectivity index (χ2n) is 10.8. The van der Waals surface area contributed by atoms with Crippen LogP contribution < -0.4 is 0 Å². The summed E-state index contributed by atoms with van der Waals surface area (Å²) in [5, 5.41) is -0.438. The van der Waals surface area contributed by atoms with Crippen LogP contribution in [0.1, 0.15) is 76.7 Å². The predicted octanol–water partition coefficient (Wildman–Crippen LogP) is 10.1. The van der Waals surface area contributed by atoms with E-state index < -0.39 is 16.7 Å². The minimum Gasteiger partial charge on any atom is -0.205 e. The van der Waals surface area contributed by atoms with E-state index in [0.29, 0.717) is 5.56 Å². The van der Waals surface area contributed by atoms with Crippen LogP contribution >= 0.6 is 11.6 Å². The van der Waals surface area contributed by atoms with Crippen molar-refractivity contribution in [2.75, 3.05) is 0 Å². The summed E-state index contributed by atoms with van der Waals surface area (Å²) >= 11 is 5.61. The maximum atomic E-state index is 13.8. The normalized spacial score (nSPS) is 22.2. The molecule has 0 bridgehead atoms. The standard InChI is InChI=1S/C30H40ClF2Si/c1-2-3-4-17-34-18-15-26(16-19-34)24-11-7-22(8-12-24)5-6-23-9-13-25(14-10-23)27-20-28(32)30(31)29(33)21-27/h9-10,13-14,20-22,24,26H,2-8,11-12,15-19H2,1H3. The van der Waals surface area contributed by atoms with E-state index in [2.05, 4.69) is 19.1 Å². The average Bonchev–Trinajstić information content (AvgIpc) is 2.87. The van der Waals surface area contributed by atoms with Crippen LogP contribution in [0.3, 0.4) is 0 Å².